The molecule has 0 bridgehead atoms. The lowest BCUT2D eigenvalue weighted by Crippen LogP contribution is -2.34. The van der Waals surface area contributed by atoms with Crippen molar-refractivity contribution in [2.24, 2.45) is 0 Å². The first kappa shape index (κ1) is 15.7. The predicted octanol–water partition coefficient (Wildman–Crippen LogP) is 6.54. The summed E-state index contributed by atoms with van der Waals surface area (Å²) in [6.45, 7) is 5.06. The highest BCUT2D eigenvalue weighted by molar-refractivity contribution is 6.36. The van der Waals surface area contributed by atoms with Crippen LogP contribution in [0.2, 0.25) is 15.1 Å². The molecular weight excluding hydrogens is 337 g/mol. The smallest absolute Gasteiger partial charge is 0.0654 e. The Bertz CT molecular complexity index is 694. The Morgan fingerprint density at radius 2 is 1.64 bits per heavy atom. The zero-order chi connectivity index (χ0) is 15.7. The van der Waals surface area contributed by atoms with Gasteiger partial charge in [-0.25, -0.2) is 0 Å². The molecule has 0 radical (unpaired) electrons. The van der Waals surface area contributed by atoms with Crippen LogP contribution in [0.25, 0.3) is 0 Å². The van der Waals surface area contributed by atoms with Gasteiger partial charge in [0.15, 0.2) is 0 Å². The summed E-state index contributed by atoms with van der Waals surface area (Å²) in [4.78, 5) is 2.33. The molecule has 3 rings (SSSR count). The molecule has 1 aliphatic heterocycles. The van der Waals surface area contributed by atoms with Crippen molar-refractivity contribution in [3.05, 3.63) is 75.2 Å². The molecule has 0 aliphatic carbocycles. The van der Waals surface area contributed by atoms with Crippen molar-refractivity contribution in [2.75, 3.05) is 11.4 Å². The SMILES string of the molecule is C=C1CCN(c2ccc(Cl)cc2Cl)C(c2ccc(Cl)cc2)C1. The molecule has 0 aromatic heterocycles. The highest BCUT2D eigenvalue weighted by Gasteiger charge is 2.27. The quantitative estimate of drug-likeness (QED) is 0.554. The second-order valence-corrected chi connectivity index (χ2v) is 6.84. The lowest BCUT2D eigenvalue weighted by Gasteiger charge is -2.39. The van der Waals surface area contributed by atoms with Crippen LogP contribution in [0.3, 0.4) is 0 Å². The third-order valence-corrected chi connectivity index (χ3v) is 4.83. The lowest BCUT2D eigenvalue weighted by atomic mass is 9.92. The van der Waals surface area contributed by atoms with E-state index in [9.17, 15) is 0 Å². The second-order valence-electron chi connectivity index (χ2n) is 5.56. The van der Waals surface area contributed by atoms with Crippen molar-refractivity contribution >= 4 is 40.5 Å². The van der Waals surface area contributed by atoms with Gasteiger partial charge in [0.25, 0.3) is 0 Å². The number of nitrogens with zero attached hydrogens (tertiary/aromatic N) is 1. The van der Waals surface area contributed by atoms with E-state index >= 15 is 0 Å². The molecule has 2 aromatic carbocycles. The lowest BCUT2D eigenvalue weighted by molar-refractivity contribution is 0.555. The van der Waals surface area contributed by atoms with Gasteiger partial charge in [-0.2, -0.15) is 0 Å². The average Bonchev–Trinajstić information content (AvgIpc) is 2.49. The standard InChI is InChI=1S/C18H16Cl3N/c1-12-8-9-22(17-7-6-15(20)11-16(17)21)18(10-12)13-2-4-14(19)5-3-13/h2-7,11,18H,1,8-10H2. The molecule has 1 nitrogen and oxygen atoms in total. The molecule has 0 N–H and O–H groups in total. The first-order valence-electron chi connectivity index (χ1n) is 7.18. The Morgan fingerprint density at radius 3 is 2.32 bits per heavy atom. The van der Waals surface area contributed by atoms with Crippen molar-refractivity contribution in [3.63, 3.8) is 0 Å². The van der Waals surface area contributed by atoms with Crippen LogP contribution in [-0.2, 0) is 0 Å². The summed E-state index contributed by atoms with van der Waals surface area (Å²) >= 11 is 18.4. The van der Waals surface area contributed by atoms with Crippen LogP contribution in [0, 0.1) is 0 Å². The van der Waals surface area contributed by atoms with Gasteiger partial charge in [0.2, 0.25) is 0 Å². The van der Waals surface area contributed by atoms with Gasteiger partial charge in [0, 0.05) is 16.6 Å². The Kier molecular flexibility index (Phi) is 4.67. The van der Waals surface area contributed by atoms with Gasteiger partial charge in [-0.05, 0) is 48.7 Å². The van der Waals surface area contributed by atoms with Crippen LogP contribution in [-0.4, -0.2) is 6.54 Å². The van der Waals surface area contributed by atoms with Crippen molar-refractivity contribution in [2.45, 2.75) is 18.9 Å². The Morgan fingerprint density at radius 1 is 0.955 bits per heavy atom. The maximum Gasteiger partial charge on any atom is 0.0654 e. The number of anilines is 1. The summed E-state index contributed by atoms with van der Waals surface area (Å²) in [6, 6.07) is 13.9. The molecule has 2 aromatic rings. The first-order chi connectivity index (χ1) is 10.5. The molecule has 1 atom stereocenters. The summed E-state index contributed by atoms with van der Waals surface area (Å²) in [6.07, 6.45) is 1.89. The van der Waals surface area contributed by atoms with E-state index in [-0.39, 0.29) is 6.04 Å². The Balaban J connectivity index is 1.99. The molecule has 1 aliphatic rings. The van der Waals surface area contributed by atoms with Gasteiger partial charge in [0.05, 0.1) is 16.8 Å². The fraction of sp³-hybridized carbons (Fsp3) is 0.222. The van der Waals surface area contributed by atoms with E-state index < -0.39 is 0 Å². The van der Waals surface area contributed by atoms with E-state index in [1.807, 2.05) is 24.3 Å². The van der Waals surface area contributed by atoms with Crippen LogP contribution in [0.5, 0.6) is 0 Å². The van der Waals surface area contributed by atoms with Gasteiger partial charge in [-0.15, -0.1) is 0 Å². The van der Waals surface area contributed by atoms with Crippen LogP contribution < -0.4 is 4.90 Å². The van der Waals surface area contributed by atoms with Crippen molar-refractivity contribution in [1.29, 1.82) is 0 Å². The molecular formula is C18H16Cl3N. The Hall–Kier alpha value is -1.15. The maximum atomic E-state index is 6.41. The van der Waals surface area contributed by atoms with E-state index in [0.717, 1.165) is 30.1 Å². The number of benzene rings is 2. The second kappa shape index (κ2) is 6.54. The van der Waals surface area contributed by atoms with E-state index in [0.29, 0.717) is 10.0 Å². The number of hydrogen-bond acceptors (Lipinski definition) is 1. The largest absolute Gasteiger partial charge is 0.363 e. The average molecular weight is 353 g/mol. The minimum atomic E-state index is 0.220. The normalized spacial score (nSPS) is 18.6. The molecule has 1 fully saturated rings. The number of halogens is 3. The topological polar surface area (TPSA) is 3.24 Å². The van der Waals surface area contributed by atoms with Crippen LogP contribution in [0.15, 0.2) is 54.6 Å². The third kappa shape index (κ3) is 3.27. The highest BCUT2D eigenvalue weighted by Crippen LogP contribution is 2.40. The summed E-state index contributed by atoms with van der Waals surface area (Å²) in [5.74, 6) is 0. The Labute approximate surface area is 146 Å². The third-order valence-electron chi connectivity index (χ3n) is 4.04. The monoisotopic (exact) mass is 351 g/mol. The van der Waals surface area contributed by atoms with Crippen LogP contribution >= 0.6 is 34.8 Å². The van der Waals surface area contributed by atoms with Crippen LogP contribution in [0.1, 0.15) is 24.4 Å². The van der Waals surface area contributed by atoms with E-state index in [1.165, 1.54) is 11.1 Å². The zero-order valence-corrected chi connectivity index (χ0v) is 14.3. The van der Waals surface area contributed by atoms with Crippen LogP contribution in [0.4, 0.5) is 5.69 Å². The van der Waals surface area contributed by atoms with E-state index in [2.05, 4.69) is 23.6 Å². The molecule has 1 saturated heterocycles. The van der Waals surface area contributed by atoms with Gasteiger partial charge in [-0.1, -0.05) is 59.1 Å². The number of rotatable bonds is 2. The molecule has 0 amide bonds. The molecule has 4 heteroatoms. The summed E-state index contributed by atoms with van der Waals surface area (Å²) < 4.78 is 0. The maximum absolute atomic E-state index is 6.41. The van der Waals surface area contributed by atoms with Gasteiger partial charge in [0.1, 0.15) is 0 Å². The first-order valence-corrected chi connectivity index (χ1v) is 8.32. The molecule has 0 spiro atoms. The summed E-state index contributed by atoms with van der Waals surface area (Å²) in [5, 5.41) is 2.08. The number of hydrogen-bond donors (Lipinski definition) is 0. The van der Waals surface area contributed by atoms with Gasteiger partial charge >= 0.3 is 0 Å². The highest BCUT2D eigenvalue weighted by atomic mass is 35.5. The molecule has 1 heterocycles. The fourth-order valence-electron chi connectivity index (χ4n) is 2.91. The predicted molar refractivity (Wildman–Crippen MR) is 96.4 cm³/mol. The molecule has 114 valence electrons. The zero-order valence-electron chi connectivity index (χ0n) is 12.0. The van der Waals surface area contributed by atoms with E-state index in [4.69, 9.17) is 34.8 Å². The van der Waals surface area contributed by atoms with Crippen molar-refractivity contribution < 1.29 is 0 Å². The van der Waals surface area contributed by atoms with E-state index in [1.54, 1.807) is 6.07 Å². The summed E-state index contributed by atoms with van der Waals surface area (Å²) in [7, 11) is 0. The minimum Gasteiger partial charge on any atom is -0.363 e. The van der Waals surface area contributed by atoms with Crippen molar-refractivity contribution in [3.8, 4) is 0 Å². The van der Waals surface area contributed by atoms with Gasteiger partial charge < -0.3 is 4.90 Å². The molecule has 0 saturated carbocycles. The summed E-state index contributed by atoms with van der Waals surface area (Å²) in [5.41, 5.74) is 3.50. The number of piperidine rings is 1. The minimum absolute atomic E-state index is 0.220. The molecule has 22 heavy (non-hydrogen) atoms. The van der Waals surface area contributed by atoms with Gasteiger partial charge in [-0.3, -0.25) is 0 Å². The fourth-order valence-corrected chi connectivity index (χ4v) is 3.55. The molecule has 1 unspecified atom stereocenters. The van der Waals surface area contributed by atoms with Crippen molar-refractivity contribution in [1.82, 2.24) is 0 Å².